The van der Waals surface area contributed by atoms with Gasteiger partial charge in [-0.15, -0.1) is 0 Å². The van der Waals surface area contributed by atoms with Crippen LogP contribution in [0, 0.1) is 5.41 Å². The van der Waals surface area contributed by atoms with E-state index in [2.05, 4.69) is 5.32 Å². The summed E-state index contributed by atoms with van der Waals surface area (Å²) in [5, 5.41) is 12.4. The summed E-state index contributed by atoms with van der Waals surface area (Å²) in [5.74, 6) is -1.21. The summed E-state index contributed by atoms with van der Waals surface area (Å²) in [6.07, 6.45) is 3.45. The van der Waals surface area contributed by atoms with Crippen LogP contribution < -0.4 is 5.32 Å². The Labute approximate surface area is 137 Å². The molecule has 1 aliphatic heterocycles. The van der Waals surface area contributed by atoms with E-state index in [0.29, 0.717) is 25.9 Å². The molecule has 1 saturated carbocycles. The lowest BCUT2D eigenvalue weighted by atomic mass is 9.54. The summed E-state index contributed by atoms with van der Waals surface area (Å²) in [5.41, 5.74) is -1.88. The molecule has 6 nitrogen and oxygen atoms in total. The van der Waals surface area contributed by atoms with Gasteiger partial charge in [0, 0.05) is 24.9 Å². The van der Waals surface area contributed by atoms with Gasteiger partial charge in [0.05, 0.1) is 18.3 Å². The maximum absolute atomic E-state index is 12.3. The zero-order valence-electron chi connectivity index (χ0n) is 14.6. The lowest BCUT2D eigenvalue weighted by Crippen LogP contribution is -2.76. The average Bonchev–Trinajstić information content (AvgIpc) is 2.89. The lowest BCUT2D eigenvalue weighted by Gasteiger charge is -2.58. The number of carbonyl (C=O) groups excluding carboxylic acids is 1. The molecule has 0 aromatic carbocycles. The number of carboxylic acid groups (broad SMARTS) is 1. The van der Waals surface area contributed by atoms with Crippen LogP contribution >= 0.6 is 0 Å². The van der Waals surface area contributed by atoms with E-state index in [4.69, 9.17) is 9.47 Å². The topological polar surface area (TPSA) is 84.9 Å². The average molecular weight is 327 g/mol. The minimum atomic E-state index is -1.24. The molecule has 0 aromatic rings. The third kappa shape index (κ3) is 3.38. The summed E-state index contributed by atoms with van der Waals surface area (Å²) in [4.78, 5) is 24.1. The number of rotatable bonds is 7. The number of hydrogen-bond acceptors (Lipinski definition) is 4. The minimum Gasteiger partial charge on any atom is -0.479 e. The van der Waals surface area contributed by atoms with Crippen molar-refractivity contribution in [3.05, 3.63) is 0 Å². The quantitative estimate of drug-likeness (QED) is 0.748. The first-order valence-corrected chi connectivity index (χ1v) is 8.54. The molecule has 6 heteroatoms. The van der Waals surface area contributed by atoms with E-state index in [1.54, 1.807) is 0 Å². The molecule has 0 spiro atoms. The van der Waals surface area contributed by atoms with Gasteiger partial charge in [0.1, 0.15) is 5.54 Å². The molecule has 1 amide bonds. The maximum Gasteiger partial charge on any atom is 0.330 e. The van der Waals surface area contributed by atoms with Gasteiger partial charge < -0.3 is 19.9 Å². The highest BCUT2D eigenvalue weighted by atomic mass is 16.5. The van der Waals surface area contributed by atoms with E-state index in [-0.39, 0.29) is 24.2 Å². The molecule has 4 unspecified atom stereocenters. The van der Waals surface area contributed by atoms with Crippen LogP contribution in [0.2, 0.25) is 0 Å². The van der Waals surface area contributed by atoms with Gasteiger partial charge in [-0.3, -0.25) is 4.79 Å². The number of aliphatic carboxylic acids is 1. The van der Waals surface area contributed by atoms with Crippen LogP contribution in [0.3, 0.4) is 0 Å². The van der Waals surface area contributed by atoms with Crippen LogP contribution in [0.4, 0.5) is 0 Å². The smallest absolute Gasteiger partial charge is 0.330 e. The number of carboxylic acids is 1. The Balaban J connectivity index is 1.92. The maximum atomic E-state index is 12.3. The fraction of sp³-hybridized carbons (Fsp3) is 0.882. The first-order valence-electron chi connectivity index (χ1n) is 8.54. The molecule has 2 fully saturated rings. The second-order valence-corrected chi connectivity index (χ2v) is 7.31. The van der Waals surface area contributed by atoms with E-state index in [0.717, 1.165) is 12.8 Å². The predicted octanol–water partition coefficient (Wildman–Crippen LogP) is 2.11. The van der Waals surface area contributed by atoms with Gasteiger partial charge in [0.2, 0.25) is 5.91 Å². The molecule has 1 saturated heterocycles. The van der Waals surface area contributed by atoms with Gasteiger partial charge in [0.25, 0.3) is 0 Å². The second-order valence-electron chi connectivity index (χ2n) is 7.31. The molecule has 2 aliphatic rings. The fourth-order valence-electron chi connectivity index (χ4n) is 3.73. The van der Waals surface area contributed by atoms with Gasteiger partial charge in [0.15, 0.2) is 0 Å². The van der Waals surface area contributed by atoms with Crippen molar-refractivity contribution in [2.24, 2.45) is 5.41 Å². The van der Waals surface area contributed by atoms with Crippen molar-refractivity contribution in [3.8, 4) is 0 Å². The number of amides is 1. The fourth-order valence-corrected chi connectivity index (χ4v) is 3.73. The summed E-state index contributed by atoms with van der Waals surface area (Å²) < 4.78 is 11.3. The molecular weight excluding hydrogens is 298 g/mol. The van der Waals surface area contributed by atoms with Crippen molar-refractivity contribution >= 4 is 11.9 Å². The molecule has 4 atom stereocenters. The van der Waals surface area contributed by atoms with Gasteiger partial charge in [-0.1, -0.05) is 13.8 Å². The Morgan fingerprint density at radius 3 is 2.52 bits per heavy atom. The Morgan fingerprint density at radius 1 is 1.35 bits per heavy atom. The van der Waals surface area contributed by atoms with Crippen molar-refractivity contribution in [1.29, 1.82) is 0 Å². The summed E-state index contributed by atoms with van der Waals surface area (Å²) >= 11 is 0. The monoisotopic (exact) mass is 327 g/mol. The molecule has 0 radical (unpaired) electrons. The highest BCUT2D eigenvalue weighted by molar-refractivity contribution is 5.89. The Bertz CT molecular complexity index is 464. The zero-order chi connectivity index (χ0) is 17.3. The van der Waals surface area contributed by atoms with Crippen LogP contribution in [-0.2, 0) is 19.1 Å². The molecule has 23 heavy (non-hydrogen) atoms. The molecule has 2 N–H and O–H groups in total. The Morgan fingerprint density at radius 2 is 2.04 bits per heavy atom. The van der Waals surface area contributed by atoms with Gasteiger partial charge in [-0.05, 0) is 33.1 Å². The van der Waals surface area contributed by atoms with Crippen molar-refractivity contribution < 1.29 is 24.2 Å². The third-order valence-electron chi connectivity index (χ3n) is 5.50. The number of hydrogen-bond donors (Lipinski definition) is 2. The molecule has 0 aromatic heterocycles. The molecule has 2 rings (SSSR count). The lowest BCUT2D eigenvalue weighted by molar-refractivity contribution is -0.194. The van der Waals surface area contributed by atoms with E-state index in [1.165, 1.54) is 0 Å². The molecule has 1 heterocycles. The van der Waals surface area contributed by atoms with Crippen molar-refractivity contribution in [2.75, 3.05) is 6.61 Å². The summed E-state index contributed by atoms with van der Waals surface area (Å²) in [7, 11) is 0. The van der Waals surface area contributed by atoms with Gasteiger partial charge in [-0.25, -0.2) is 4.79 Å². The van der Waals surface area contributed by atoms with Crippen molar-refractivity contribution in [3.63, 3.8) is 0 Å². The van der Waals surface area contributed by atoms with E-state index >= 15 is 0 Å². The molecule has 1 aliphatic carbocycles. The van der Waals surface area contributed by atoms with E-state index in [9.17, 15) is 14.7 Å². The Hall–Kier alpha value is -1.14. The number of carbonyl (C=O) groups is 2. The first kappa shape index (κ1) is 18.2. The van der Waals surface area contributed by atoms with Crippen LogP contribution in [0.25, 0.3) is 0 Å². The van der Waals surface area contributed by atoms with E-state index < -0.39 is 16.9 Å². The normalized spacial score (nSPS) is 35.6. The Kier molecular flexibility index (Phi) is 5.36. The minimum absolute atomic E-state index is 0.113. The van der Waals surface area contributed by atoms with Crippen molar-refractivity contribution in [1.82, 2.24) is 5.32 Å². The highest BCUT2D eigenvalue weighted by Gasteiger charge is 2.66. The molecule has 132 valence electrons. The zero-order valence-corrected chi connectivity index (χ0v) is 14.6. The SMILES string of the molecule is CCOC1CC(NC(=O)CCC2CCC(C)O2)(C(=O)O)C1(C)C. The second kappa shape index (κ2) is 6.77. The summed E-state index contributed by atoms with van der Waals surface area (Å²) in [6, 6.07) is 0. The van der Waals surface area contributed by atoms with Gasteiger partial charge >= 0.3 is 5.97 Å². The van der Waals surface area contributed by atoms with Crippen LogP contribution in [0.1, 0.15) is 59.8 Å². The van der Waals surface area contributed by atoms with Crippen LogP contribution in [0.15, 0.2) is 0 Å². The van der Waals surface area contributed by atoms with Crippen molar-refractivity contribution in [2.45, 2.75) is 83.6 Å². The number of ether oxygens (including phenoxy) is 2. The predicted molar refractivity (Wildman–Crippen MR) is 85.1 cm³/mol. The van der Waals surface area contributed by atoms with Crippen LogP contribution in [0.5, 0.6) is 0 Å². The summed E-state index contributed by atoms with van der Waals surface area (Å²) in [6.45, 7) is 8.14. The highest BCUT2D eigenvalue weighted by Crippen LogP contribution is 2.51. The molecule has 0 bridgehead atoms. The first-order chi connectivity index (χ1) is 10.7. The van der Waals surface area contributed by atoms with Crippen LogP contribution in [-0.4, -0.2) is 47.4 Å². The van der Waals surface area contributed by atoms with Gasteiger partial charge in [-0.2, -0.15) is 0 Å². The molecular formula is C17H29NO5. The largest absolute Gasteiger partial charge is 0.479 e. The van der Waals surface area contributed by atoms with E-state index in [1.807, 2.05) is 27.7 Å². The third-order valence-corrected chi connectivity index (χ3v) is 5.50. The standard InChI is InChI=1S/C17H29NO5/c1-5-22-13-10-17(15(20)21,16(13,3)4)18-14(19)9-8-12-7-6-11(2)23-12/h11-13H,5-10H2,1-4H3,(H,18,19)(H,20,21). The number of nitrogens with one attached hydrogen (secondary N) is 1.